The maximum atomic E-state index is 12.3. The van der Waals surface area contributed by atoms with Gasteiger partial charge in [-0.3, -0.25) is 4.79 Å². The van der Waals surface area contributed by atoms with E-state index in [-0.39, 0.29) is 5.91 Å². The van der Waals surface area contributed by atoms with E-state index in [1.807, 2.05) is 26.0 Å². The number of rotatable bonds is 2. The Morgan fingerprint density at radius 3 is 3.00 bits per heavy atom. The van der Waals surface area contributed by atoms with Crippen LogP contribution in [0.1, 0.15) is 32.4 Å². The molecular formula is C15H17N3OS. The summed E-state index contributed by atoms with van der Waals surface area (Å²) in [6.07, 6.45) is 2.27. The van der Waals surface area contributed by atoms with Crippen LogP contribution in [0.4, 0.5) is 11.4 Å². The number of nitrogens with one attached hydrogen (secondary N) is 2. The molecule has 2 heterocycles. The van der Waals surface area contributed by atoms with Gasteiger partial charge in [-0.2, -0.15) is 0 Å². The fourth-order valence-corrected chi connectivity index (χ4v) is 3.28. The number of hydrogen-bond acceptors (Lipinski definition) is 4. The lowest BCUT2D eigenvalue weighted by molar-refractivity contribution is 0.103. The standard InChI is InChI=1S/C15H17N3OS/c1-9-14(20-10(2)17-9)15(19)18-12-6-5-11-4-3-7-16-13(11)8-12/h5-6,8,16H,3-4,7H2,1-2H3,(H,18,19). The van der Waals surface area contributed by atoms with E-state index in [1.54, 1.807) is 0 Å². The first-order valence-electron chi connectivity index (χ1n) is 6.75. The number of carbonyl (C=O) groups is 1. The van der Waals surface area contributed by atoms with Crippen molar-refractivity contribution in [1.82, 2.24) is 4.98 Å². The molecule has 3 rings (SSSR count). The van der Waals surface area contributed by atoms with Gasteiger partial charge in [-0.15, -0.1) is 11.3 Å². The number of aromatic nitrogens is 1. The molecule has 0 aliphatic carbocycles. The lowest BCUT2D eigenvalue weighted by atomic mass is 10.0. The van der Waals surface area contributed by atoms with Crippen molar-refractivity contribution in [3.8, 4) is 0 Å². The number of amides is 1. The van der Waals surface area contributed by atoms with Gasteiger partial charge >= 0.3 is 0 Å². The van der Waals surface area contributed by atoms with Gasteiger partial charge < -0.3 is 10.6 Å². The molecule has 0 radical (unpaired) electrons. The van der Waals surface area contributed by atoms with E-state index in [1.165, 1.54) is 16.9 Å². The summed E-state index contributed by atoms with van der Waals surface area (Å²) in [7, 11) is 0. The molecule has 2 aromatic rings. The quantitative estimate of drug-likeness (QED) is 0.890. The summed E-state index contributed by atoms with van der Waals surface area (Å²) in [5.74, 6) is -0.0798. The van der Waals surface area contributed by atoms with E-state index in [4.69, 9.17) is 0 Å². The maximum Gasteiger partial charge on any atom is 0.267 e. The Morgan fingerprint density at radius 1 is 1.40 bits per heavy atom. The Morgan fingerprint density at radius 2 is 2.25 bits per heavy atom. The van der Waals surface area contributed by atoms with Crippen molar-refractivity contribution in [2.75, 3.05) is 17.2 Å². The van der Waals surface area contributed by atoms with Gasteiger partial charge in [-0.1, -0.05) is 6.07 Å². The van der Waals surface area contributed by atoms with Crippen LogP contribution in [-0.2, 0) is 6.42 Å². The number of aryl methyl sites for hydroxylation is 3. The normalized spacial score (nSPS) is 13.5. The second-order valence-corrected chi connectivity index (χ2v) is 6.21. The van der Waals surface area contributed by atoms with Crippen molar-refractivity contribution < 1.29 is 4.79 Å². The molecule has 0 bridgehead atoms. The number of fused-ring (bicyclic) bond motifs is 1. The van der Waals surface area contributed by atoms with Gasteiger partial charge in [0.25, 0.3) is 5.91 Å². The topological polar surface area (TPSA) is 54.0 Å². The molecule has 0 saturated heterocycles. The van der Waals surface area contributed by atoms with Crippen molar-refractivity contribution in [2.24, 2.45) is 0 Å². The third-order valence-electron chi connectivity index (χ3n) is 3.42. The van der Waals surface area contributed by atoms with Gasteiger partial charge in [0, 0.05) is 17.9 Å². The first-order chi connectivity index (χ1) is 9.63. The molecule has 0 fully saturated rings. The largest absolute Gasteiger partial charge is 0.385 e. The zero-order chi connectivity index (χ0) is 14.1. The Labute approximate surface area is 122 Å². The lowest BCUT2D eigenvalue weighted by Crippen LogP contribution is -2.14. The SMILES string of the molecule is Cc1nc(C)c(C(=O)Nc2ccc3c(c2)NCCC3)s1. The highest BCUT2D eigenvalue weighted by Crippen LogP contribution is 2.26. The summed E-state index contributed by atoms with van der Waals surface area (Å²) in [5.41, 5.74) is 4.07. The summed E-state index contributed by atoms with van der Waals surface area (Å²) >= 11 is 1.43. The van der Waals surface area contributed by atoms with Crippen molar-refractivity contribution in [2.45, 2.75) is 26.7 Å². The number of benzene rings is 1. The van der Waals surface area contributed by atoms with Crippen molar-refractivity contribution in [3.05, 3.63) is 39.3 Å². The van der Waals surface area contributed by atoms with E-state index in [9.17, 15) is 4.79 Å². The molecule has 0 spiro atoms. The summed E-state index contributed by atoms with van der Waals surface area (Å²) in [5, 5.41) is 7.24. The highest BCUT2D eigenvalue weighted by Gasteiger charge is 2.15. The minimum Gasteiger partial charge on any atom is -0.385 e. The summed E-state index contributed by atoms with van der Waals surface area (Å²) < 4.78 is 0. The maximum absolute atomic E-state index is 12.3. The molecule has 104 valence electrons. The molecule has 1 aromatic carbocycles. The predicted molar refractivity (Wildman–Crippen MR) is 82.8 cm³/mol. The molecular weight excluding hydrogens is 270 g/mol. The van der Waals surface area contributed by atoms with Gasteiger partial charge in [0.1, 0.15) is 4.88 Å². The Balaban J connectivity index is 1.81. The third kappa shape index (κ3) is 2.54. The minimum atomic E-state index is -0.0798. The van der Waals surface area contributed by atoms with Gasteiger partial charge in [0.2, 0.25) is 0 Å². The molecule has 0 saturated carbocycles. The minimum absolute atomic E-state index is 0.0798. The van der Waals surface area contributed by atoms with Gasteiger partial charge in [0.05, 0.1) is 10.7 Å². The number of thiazole rings is 1. The van der Waals surface area contributed by atoms with Crippen LogP contribution in [0.25, 0.3) is 0 Å². The fraction of sp³-hybridized carbons (Fsp3) is 0.333. The third-order valence-corrected chi connectivity index (χ3v) is 4.49. The van der Waals surface area contributed by atoms with Gasteiger partial charge in [-0.05, 0) is 44.4 Å². The van der Waals surface area contributed by atoms with Crippen LogP contribution in [0, 0.1) is 13.8 Å². The Bertz CT molecular complexity index is 663. The van der Waals surface area contributed by atoms with Crippen LogP contribution in [0.5, 0.6) is 0 Å². The van der Waals surface area contributed by atoms with E-state index >= 15 is 0 Å². The van der Waals surface area contributed by atoms with Crippen molar-refractivity contribution in [3.63, 3.8) is 0 Å². The summed E-state index contributed by atoms with van der Waals surface area (Å²) in [6.45, 7) is 4.78. The molecule has 1 amide bonds. The van der Waals surface area contributed by atoms with Crippen LogP contribution >= 0.6 is 11.3 Å². The smallest absolute Gasteiger partial charge is 0.267 e. The number of carbonyl (C=O) groups excluding carboxylic acids is 1. The van der Waals surface area contributed by atoms with Crippen molar-refractivity contribution in [1.29, 1.82) is 0 Å². The molecule has 0 atom stereocenters. The molecule has 2 N–H and O–H groups in total. The average molecular weight is 287 g/mol. The highest BCUT2D eigenvalue weighted by atomic mass is 32.1. The van der Waals surface area contributed by atoms with E-state index in [0.717, 1.165) is 41.5 Å². The van der Waals surface area contributed by atoms with E-state index in [2.05, 4.69) is 21.7 Å². The average Bonchev–Trinajstić information content (AvgIpc) is 2.78. The molecule has 1 aliphatic rings. The molecule has 0 unspecified atom stereocenters. The molecule has 20 heavy (non-hydrogen) atoms. The predicted octanol–water partition coefficient (Wildman–Crippen LogP) is 3.37. The van der Waals surface area contributed by atoms with Crippen LogP contribution in [0.2, 0.25) is 0 Å². The zero-order valence-corrected chi connectivity index (χ0v) is 12.4. The van der Waals surface area contributed by atoms with Gasteiger partial charge in [-0.25, -0.2) is 4.98 Å². The number of nitrogens with zero attached hydrogens (tertiary/aromatic N) is 1. The lowest BCUT2D eigenvalue weighted by Gasteiger charge is -2.18. The number of hydrogen-bond donors (Lipinski definition) is 2. The molecule has 1 aliphatic heterocycles. The van der Waals surface area contributed by atoms with Crippen LogP contribution in [-0.4, -0.2) is 17.4 Å². The first-order valence-corrected chi connectivity index (χ1v) is 7.57. The Hall–Kier alpha value is -1.88. The highest BCUT2D eigenvalue weighted by molar-refractivity contribution is 7.13. The van der Waals surface area contributed by atoms with Crippen LogP contribution in [0.3, 0.4) is 0 Å². The van der Waals surface area contributed by atoms with E-state index in [0.29, 0.717) is 4.88 Å². The monoisotopic (exact) mass is 287 g/mol. The molecule has 4 nitrogen and oxygen atoms in total. The first kappa shape index (κ1) is 13.1. The second-order valence-electron chi connectivity index (χ2n) is 5.00. The van der Waals surface area contributed by atoms with Gasteiger partial charge in [0.15, 0.2) is 0 Å². The van der Waals surface area contributed by atoms with Crippen LogP contribution < -0.4 is 10.6 Å². The number of anilines is 2. The summed E-state index contributed by atoms with van der Waals surface area (Å²) in [4.78, 5) is 17.2. The summed E-state index contributed by atoms with van der Waals surface area (Å²) in [6, 6.07) is 6.06. The van der Waals surface area contributed by atoms with Crippen LogP contribution in [0.15, 0.2) is 18.2 Å². The Kier molecular flexibility index (Phi) is 3.44. The van der Waals surface area contributed by atoms with E-state index < -0.39 is 0 Å². The fourth-order valence-electron chi connectivity index (χ4n) is 2.47. The van der Waals surface area contributed by atoms with Crippen molar-refractivity contribution >= 4 is 28.6 Å². The second kappa shape index (κ2) is 5.25. The molecule has 5 heteroatoms. The molecule has 1 aromatic heterocycles. The zero-order valence-electron chi connectivity index (χ0n) is 11.6.